The lowest BCUT2D eigenvalue weighted by atomic mass is 9.72. The molecule has 2 aliphatic carbocycles. The van der Waals surface area contributed by atoms with E-state index in [0.717, 1.165) is 59.2 Å². The number of nitrogens with zero attached hydrogens (tertiary/aromatic N) is 3. The van der Waals surface area contributed by atoms with E-state index in [1.54, 1.807) is 18.3 Å². The van der Waals surface area contributed by atoms with Crippen LogP contribution in [0, 0.1) is 17.3 Å². The molecule has 2 aliphatic rings. The van der Waals surface area contributed by atoms with E-state index < -0.39 is 11.9 Å². The van der Waals surface area contributed by atoms with E-state index in [2.05, 4.69) is 43.3 Å². The minimum absolute atomic E-state index is 0.208. The van der Waals surface area contributed by atoms with E-state index in [4.69, 9.17) is 4.74 Å². The summed E-state index contributed by atoms with van der Waals surface area (Å²) in [6, 6.07) is 0. The van der Waals surface area contributed by atoms with Crippen LogP contribution < -0.4 is 10.9 Å². The molecule has 37 heavy (non-hydrogen) atoms. The topological polar surface area (TPSA) is 103 Å². The fourth-order valence-electron chi connectivity index (χ4n) is 5.53. The maximum atomic E-state index is 13.4. The first kappa shape index (κ1) is 26.0. The van der Waals surface area contributed by atoms with Crippen LogP contribution in [0.5, 0.6) is 0 Å². The lowest BCUT2D eigenvalue weighted by molar-refractivity contribution is -0.117. The fraction of sp³-hybridized carbons (Fsp3) is 0.593. The highest BCUT2D eigenvalue weighted by atomic mass is 32.1. The molecule has 0 bridgehead atoms. The molecule has 3 aromatic heterocycles. The molecule has 8 nitrogen and oxygen atoms in total. The molecule has 0 saturated carbocycles. The number of thiophene rings is 2. The number of carbonyl (C=O) groups excluding carboxylic acids is 2. The second kappa shape index (κ2) is 9.94. The van der Waals surface area contributed by atoms with Gasteiger partial charge in [0.25, 0.3) is 5.56 Å². The quantitative estimate of drug-likeness (QED) is 0.455. The number of carbonyl (C=O) groups is 2. The molecule has 0 radical (unpaired) electrons. The SMILES string of the molecule is CCOC(=O)c1c(NC(=O)Cn2nnc3sc4c(c3c2=O)CC[C@H](C(C)(C)C)C4)sc2c1CC[C@@H](C)C2. The van der Waals surface area contributed by atoms with Gasteiger partial charge in [-0.3, -0.25) is 9.59 Å². The van der Waals surface area contributed by atoms with Gasteiger partial charge in [0.2, 0.25) is 5.91 Å². The molecular formula is C27H34N4O4S2. The van der Waals surface area contributed by atoms with E-state index >= 15 is 0 Å². The zero-order valence-corrected chi connectivity index (χ0v) is 23.7. The van der Waals surface area contributed by atoms with Crippen LogP contribution in [0.4, 0.5) is 5.00 Å². The number of hydrogen-bond acceptors (Lipinski definition) is 8. The molecule has 0 unspecified atom stereocenters. The number of fused-ring (bicyclic) bond motifs is 4. The molecule has 198 valence electrons. The van der Waals surface area contributed by atoms with Crippen LogP contribution in [0.25, 0.3) is 10.2 Å². The highest BCUT2D eigenvalue weighted by Gasteiger charge is 2.32. The van der Waals surface area contributed by atoms with E-state index in [-0.39, 0.29) is 24.1 Å². The average molecular weight is 543 g/mol. The molecule has 0 spiro atoms. The Hall–Kier alpha value is -2.59. The van der Waals surface area contributed by atoms with E-state index in [0.29, 0.717) is 32.6 Å². The number of ether oxygens (including phenoxy) is 1. The Morgan fingerprint density at radius 2 is 1.84 bits per heavy atom. The second-order valence-electron chi connectivity index (χ2n) is 11.4. The van der Waals surface area contributed by atoms with Gasteiger partial charge < -0.3 is 10.1 Å². The minimum atomic E-state index is -0.415. The number of amides is 1. The van der Waals surface area contributed by atoms with Crippen molar-refractivity contribution in [1.82, 2.24) is 15.0 Å². The number of nitrogens with one attached hydrogen (secondary N) is 1. The van der Waals surface area contributed by atoms with Crippen LogP contribution in [0.3, 0.4) is 0 Å². The minimum Gasteiger partial charge on any atom is -0.462 e. The van der Waals surface area contributed by atoms with Gasteiger partial charge in [0.1, 0.15) is 11.5 Å². The first-order valence-electron chi connectivity index (χ1n) is 13.1. The maximum Gasteiger partial charge on any atom is 0.341 e. The van der Waals surface area contributed by atoms with Crippen molar-refractivity contribution >= 4 is 49.8 Å². The molecule has 0 saturated heterocycles. The normalized spacial score (nSPS) is 19.4. The van der Waals surface area contributed by atoms with E-state index in [1.165, 1.54) is 16.2 Å². The van der Waals surface area contributed by atoms with Gasteiger partial charge in [0.05, 0.1) is 17.6 Å². The lowest BCUT2D eigenvalue weighted by Crippen LogP contribution is -2.31. The van der Waals surface area contributed by atoms with Crippen molar-refractivity contribution in [2.75, 3.05) is 11.9 Å². The first-order valence-corrected chi connectivity index (χ1v) is 14.7. The summed E-state index contributed by atoms with van der Waals surface area (Å²) in [5.41, 5.74) is 2.43. The number of aryl methyl sites for hydroxylation is 1. The molecule has 1 amide bonds. The molecule has 5 rings (SSSR count). The zero-order valence-electron chi connectivity index (χ0n) is 22.1. The van der Waals surface area contributed by atoms with Crippen molar-refractivity contribution in [1.29, 1.82) is 0 Å². The smallest absolute Gasteiger partial charge is 0.341 e. The van der Waals surface area contributed by atoms with Gasteiger partial charge in [-0.05, 0) is 73.8 Å². The number of esters is 1. The third-order valence-electron chi connectivity index (χ3n) is 7.70. The average Bonchev–Trinajstić information content (AvgIpc) is 3.37. The number of hydrogen-bond donors (Lipinski definition) is 1. The monoisotopic (exact) mass is 542 g/mol. The van der Waals surface area contributed by atoms with Gasteiger partial charge in [-0.1, -0.05) is 32.9 Å². The van der Waals surface area contributed by atoms with Crippen LogP contribution >= 0.6 is 22.7 Å². The zero-order chi connectivity index (χ0) is 26.5. The summed E-state index contributed by atoms with van der Waals surface area (Å²) in [5.74, 6) is 0.259. The molecular weight excluding hydrogens is 508 g/mol. The van der Waals surface area contributed by atoms with Crippen molar-refractivity contribution in [2.45, 2.75) is 79.7 Å². The Morgan fingerprint density at radius 3 is 2.57 bits per heavy atom. The number of rotatable bonds is 5. The molecule has 3 aromatic rings. The summed E-state index contributed by atoms with van der Waals surface area (Å²) in [4.78, 5) is 42.2. The summed E-state index contributed by atoms with van der Waals surface area (Å²) in [6.45, 7) is 10.7. The summed E-state index contributed by atoms with van der Waals surface area (Å²) in [7, 11) is 0. The molecule has 0 aromatic carbocycles. The molecule has 10 heteroatoms. The van der Waals surface area contributed by atoms with Crippen LogP contribution in [-0.4, -0.2) is 33.5 Å². The molecule has 0 aliphatic heterocycles. The van der Waals surface area contributed by atoms with Gasteiger partial charge in [-0.2, -0.15) is 0 Å². The van der Waals surface area contributed by atoms with E-state index in [1.807, 2.05) is 0 Å². The van der Waals surface area contributed by atoms with Gasteiger partial charge in [0, 0.05) is 9.75 Å². The van der Waals surface area contributed by atoms with Crippen molar-refractivity contribution in [3.8, 4) is 0 Å². The highest BCUT2D eigenvalue weighted by Crippen LogP contribution is 2.42. The molecule has 3 heterocycles. The third-order valence-corrected chi connectivity index (χ3v) is 10.0. The Bertz CT molecular complexity index is 1430. The van der Waals surface area contributed by atoms with Crippen LogP contribution in [0.1, 0.15) is 78.7 Å². The van der Waals surface area contributed by atoms with Gasteiger partial charge in [0.15, 0.2) is 4.83 Å². The largest absolute Gasteiger partial charge is 0.462 e. The Kier molecular flexibility index (Phi) is 7.00. The lowest BCUT2D eigenvalue weighted by Gasteiger charge is -2.33. The summed E-state index contributed by atoms with van der Waals surface area (Å²) >= 11 is 2.98. The fourth-order valence-corrected chi connectivity index (χ4v) is 8.18. The second-order valence-corrected chi connectivity index (χ2v) is 13.6. The summed E-state index contributed by atoms with van der Waals surface area (Å²) < 4.78 is 6.44. The first-order chi connectivity index (χ1) is 17.6. The third kappa shape index (κ3) is 4.97. The summed E-state index contributed by atoms with van der Waals surface area (Å²) in [6.07, 6.45) is 5.48. The number of aromatic nitrogens is 3. The Labute approximate surface area is 224 Å². The Balaban J connectivity index is 1.40. The van der Waals surface area contributed by atoms with Crippen molar-refractivity contribution in [2.24, 2.45) is 17.3 Å². The van der Waals surface area contributed by atoms with E-state index in [9.17, 15) is 14.4 Å². The van der Waals surface area contributed by atoms with Crippen LogP contribution in [-0.2, 0) is 41.8 Å². The van der Waals surface area contributed by atoms with Crippen molar-refractivity contribution in [3.63, 3.8) is 0 Å². The standard InChI is InChI=1S/C27H34N4O4S2/c1-6-35-26(34)22-17-9-7-14(2)11-18(17)36-23(22)28-20(32)13-31-25(33)21-16-10-8-15(27(3,4)5)12-19(16)37-24(21)29-30-31/h14-15H,6-13H2,1-5H3,(H,28,32)/t14-,15+/m1/s1. The Morgan fingerprint density at radius 1 is 1.11 bits per heavy atom. The van der Waals surface area contributed by atoms with Gasteiger partial charge in [-0.15, -0.1) is 27.8 Å². The predicted octanol–water partition coefficient (Wildman–Crippen LogP) is 5.01. The molecule has 2 atom stereocenters. The van der Waals surface area contributed by atoms with Crippen molar-refractivity contribution < 1.29 is 14.3 Å². The number of anilines is 1. The summed E-state index contributed by atoms with van der Waals surface area (Å²) in [5, 5.41) is 12.4. The van der Waals surface area contributed by atoms with Crippen LogP contribution in [0.15, 0.2) is 4.79 Å². The van der Waals surface area contributed by atoms with Crippen LogP contribution in [0.2, 0.25) is 0 Å². The van der Waals surface area contributed by atoms with Crippen molar-refractivity contribution in [3.05, 3.63) is 36.8 Å². The van der Waals surface area contributed by atoms with Gasteiger partial charge >= 0.3 is 5.97 Å². The molecule has 0 fully saturated rings. The molecule has 1 N–H and O–H groups in total. The predicted molar refractivity (Wildman–Crippen MR) is 147 cm³/mol. The maximum absolute atomic E-state index is 13.4. The highest BCUT2D eigenvalue weighted by molar-refractivity contribution is 7.18. The van der Waals surface area contributed by atoms with Gasteiger partial charge in [-0.25, -0.2) is 9.48 Å².